The molecule has 0 spiro atoms. The number of benzene rings is 1. The number of nitrogens with zero attached hydrogens (tertiary/aromatic N) is 1. The average Bonchev–Trinajstić information content (AvgIpc) is 2.27. The minimum Gasteiger partial charge on any atom is -0.350 e. The molecule has 0 heterocycles. The van der Waals surface area contributed by atoms with Crippen LogP contribution in [0.4, 0.5) is 10.5 Å². The number of urea groups is 1. The van der Waals surface area contributed by atoms with Gasteiger partial charge < -0.3 is 11.1 Å². The van der Waals surface area contributed by atoms with Gasteiger partial charge in [-0.05, 0) is 19.1 Å². The summed E-state index contributed by atoms with van der Waals surface area (Å²) in [7, 11) is 0. The number of carbonyl (C=O) groups excluding carboxylic acids is 2. The lowest BCUT2D eigenvalue weighted by Crippen LogP contribution is -2.28. The largest absolute Gasteiger partial charge is 0.350 e. The average molecular weight is 220 g/mol. The van der Waals surface area contributed by atoms with E-state index in [9.17, 15) is 9.59 Å². The molecular weight excluding hydrogens is 208 g/mol. The van der Waals surface area contributed by atoms with Crippen molar-refractivity contribution in [3.8, 4) is 0 Å². The Balaban J connectivity index is 2.59. The van der Waals surface area contributed by atoms with Crippen LogP contribution in [-0.2, 0) is 4.79 Å². The molecule has 0 aromatic heterocycles. The number of hydrogen-bond acceptors (Lipinski definition) is 3. The minimum atomic E-state index is -0.813. The van der Waals surface area contributed by atoms with E-state index in [1.54, 1.807) is 24.3 Å². The van der Waals surface area contributed by atoms with Crippen molar-refractivity contribution < 1.29 is 9.59 Å². The maximum atomic E-state index is 11.5. The summed E-state index contributed by atoms with van der Waals surface area (Å²) in [6.45, 7) is 1.47. The Morgan fingerprint density at radius 2 is 1.88 bits per heavy atom. The molecule has 1 aromatic carbocycles. The number of anilines is 1. The summed E-state index contributed by atoms with van der Waals surface area (Å²) in [4.78, 5) is 21.8. The smallest absolute Gasteiger partial charge is 0.332 e. The van der Waals surface area contributed by atoms with E-state index in [-0.39, 0.29) is 5.71 Å². The van der Waals surface area contributed by atoms with Gasteiger partial charge in [0.1, 0.15) is 5.71 Å². The number of hydrogen-bond donors (Lipinski definition) is 3. The first-order valence-corrected chi connectivity index (χ1v) is 4.55. The molecule has 84 valence electrons. The highest BCUT2D eigenvalue weighted by molar-refractivity contribution is 6.42. The molecule has 0 saturated carbocycles. The van der Waals surface area contributed by atoms with Gasteiger partial charge in [0.15, 0.2) is 0 Å². The summed E-state index contributed by atoms with van der Waals surface area (Å²) in [5, 5.41) is 6.10. The molecule has 0 unspecified atom stereocenters. The number of nitrogens with one attached hydrogen (secondary N) is 2. The fourth-order valence-corrected chi connectivity index (χ4v) is 0.933. The molecule has 1 aromatic rings. The molecule has 6 nitrogen and oxygen atoms in total. The first-order chi connectivity index (χ1) is 7.59. The fourth-order valence-electron chi connectivity index (χ4n) is 0.933. The zero-order valence-electron chi connectivity index (χ0n) is 8.73. The van der Waals surface area contributed by atoms with E-state index in [1.165, 1.54) is 6.92 Å². The van der Waals surface area contributed by atoms with E-state index < -0.39 is 11.9 Å². The van der Waals surface area contributed by atoms with E-state index in [0.717, 1.165) is 0 Å². The Bertz CT molecular complexity index is 414. The topological polar surface area (TPSA) is 96.6 Å². The van der Waals surface area contributed by atoms with Gasteiger partial charge in [-0.2, -0.15) is 5.10 Å². The lowest BCUT2D eigenvalue weighted by atomic mass is 10.3. The molecule has 16 heavy (non-hydrogen) atoms. The van der Waals surface area contributed by atoms with Crippen molar-refractivity contribution in [1.82, 2.24) is 5.43 Å². The van der Waals surface area contributed by atoms with Crippen LogP contribution >= 0.6 is 0 Å². The molecular formula is C10H12N4O2. The third-order valence-electron chi connectivity index (χ3n) is 1.69. The number of rotatable bonds is 3. The van der Waals surface area contributed by atoms with E-state index in [4.69, 9.17) is 5.73 Å². The van der Waals surface area contributed by atoms with E-state index in [2.05, 4.69) is 10.4 Å². The van der Waals surface area contributed by atoms with Gasteiger partial charge in [0.05, 0.1) is 0 Å². The monoisotopic (exact) mass is 220 g/mol. The fraction of sp³-hybridized carbons (Fsp3) is 0.100. The van der Waals surface area contributed by atoms with Crippen LogP contribution < -0.4 is 16.5 Å². The SMILES string of the molecule is C/C(=N\NC(N)=O)C(=O)Nc1ccccc1. The van der Waals surface area contributed by atoms with Crippen LogP contribution in [-0.4, -0.2) is 17.6 Å². The number of hydrazone groups is 1. The zero-order valence-corrected chi connectivity index (χ0v) is 8.73. The highest BCUT2D eigenvalue weighted by Gasteiger charge is 2.06. The second-order valence-corrected chi connectivity index (χ2v) is 2.99. The van der Waals surface area contributed by atoms with Crippen LogP contribution in [0.5, 0.6) is 0 Å². The van der Waals surface area contributed by atoms with Crippen molar-refractivity contribution in [3.63, 3.8) is 0 Å². The molecule has 3 amide bonds. The highest BCUT2D eigenvalue weighted by Crippen LogP contribution is 2.04. The number of carbonyl (C=O) groups is 2. The molecule has 0 atom stereocenters. The van der Waals surface area contributed by atoms with Crippen LogP contribution in [0.2, 0.25) is 0 Å². The normalized spacial score (nSPS) is 10.7. The van der Waals surface area contributed by atoms with Crippen LogP contribution in [0.25, 0.3) is 0 Å². The summed E-state index contributed by atoms with van der Waals surface area (Å²) in [5.74, 6) is -0.403. The number of amides is 3. The van der Waals surface area contributed by atoms with Gasteiger partial charge in [-0.25, -0.2) is 10.2 Å². The van der Waals surface area contributed by atoms with Gasteiger partial charge >= 0.3 is 6.03 Å². The first kappa shape index (κ1) is 11.7. The third-order valence-corrected chi connectivity index (χ3v) is 1.69. The molecule has 4 N–H and O–H groups in total. The number of primary amides is 1. The second kappa shape index (κ2) is 5.50. The van der Waals surface area contributed by atoms with Gasteiger partial charge in [0.2, 0.25) is 0 Å². The van der Waals surface area contributed by atoms with Gasteiger partial charge in [-0.15, -0.1) is 0 Å². The molecule has 0 saturated heterocycles. The number of nitrogens with two attached hydrogens (primary N) is 1. The lowest BCUT2D eigenvalue weighted by molar-refractivity contribution is -0.110. The quantitative estimate of drug-likeness (QED) is 0.515. The van der Waals surface area contributed by atoms with Gasteiger partial charge in [0, 0.05) is 5.69 Å². The van der Waals surface area contributed by atoms with Crippen molar-refractivity contribution >= 4 is 23.3 Å². The van der Waals surface area contributed by atoms with Crippen LogP contribution in [0.3, 0.4) is 0 Å². The Labute approximate surface area is 92.5 Å². The molecule has 6 heteroatoms. The Morgan fingerprint density at radius 1 is 1.25 bits per heavy atom. The lowest BCUT2D eigenvalue weighted by Gasteiger charge is -2.03. The van der Waals surface area contributed by atoms with Crippen molar-refractivity contribution in [2.75, 3.05) is 5.32 Å². The molecule has 0 fully saturated rings. The van der Waals surface area contributed by atoms with Crippen LogP contribution in [0.15, 0.2) is 35.4 Å². The van der Waals surface area contributed by atoms with Gasteiger partial charge in [-0.3, -0.25) is 4.79 Å². The molecule has 0 aliphatic rings. The van der Waals surface area contributed by atoms with Crippen molar-refractivity contribution in [2.45, 2.75) is 6.92 Å². The molecule has 1 rings (SSSR count). The summed E-state index contributed by atoms with van der Waals surface area (Å²) < 4.78 is 0. The highest BCUT2D eigenvalue weighted by atomic mass is 16.2. The standard InChI is InChI=1S/C10H12N4O2/c1-7(13-14-10(11)16)9(15)12-8-5-3-2-4-6-8/h2-6H,1H3,(H,12,15)(H3,11,14,16)/b13-7+. The van der Waals surface area contributed by atoms with Crippen molar-refractivity contribution in [2.24, 2.45) is 10.8 Å². The summed E-state index contributed by atoms with van der Waals surface area (Å²) in [5.41, 5.74) is 7.55. The maximum Gasteiger partial charge on any atom is 0.332 e. The summed E-state index contributed by atoms with van der Waals surface area (Å²) >= 11 is 0. The van der Waals surface area contributed by atoms with Crippen molar-refractivity contribution in [3.05, 3.63) is 30.3 Å². The molecule has 0 aliphatic carbocycles. The van der Waals surface area contributed by atoms with Crippen LogP contribution in [0, 0.1) is 0 Å². The van der Waals surface area contributed by atoms with Gasteiger partial charge in [-0.1, -0.05) is 18.2 Å². The molecule has 0 aliphatic heterocycles. The third kappa shape index (κ3) is 3.79. The van der Waals surface area contributed by atoms with E-state index >= 15 is 0 Å². The predicted octanol–water partition coefficient (Wildman–Crippen LogP) is 0.669. The Morgan fingerprint density at radius 3 is 2.44 bits per heavy atom. The van der Waals surface area contributed by atoms with E-state index in [0.29, 0.717) is 5.69 Å². The Hall–Kier alpha value is -2.37. The van der Waals surface area contributed by atoms with Crippen molar-refractivity contribution in [1.29, 1.82) is 0 Å². The maximum absolute atomic E-state index is 11.5. The van der Waals surface area contributed by atoms with E-state index in [1.807, 2.05) is 11.5 Å². The van der Waals surface area contributed by atoms with Gasteiger partial charge in [0.25, 0.3) is 5.91 Å². The molecule has 0 radical (unpaired) electrons. The Kier molecular flexibility index (Phi) is 4.02. The second-order valence-electron chi connectivity index (χ2n) is 2.99. The first-order valence-electron chi connectivity index (χ1n) is 4.55. The van der Waals surface area contributed by atoms with Crippen LogP contribution in [0.1, 0.15) is 6.92 Å². The number of para-hydroxylation sites is 1. The summed E-state index contributed by atoms with van der Waals surface area (Å²) in [6, 6.07) is 8.10. The summed E-state index contributed by atoms with van der Waals surface area (Å²) in [6.07, 6.45) is 0. The predicted molar refractivity (Wildman–Crippen MR) is 60.9 cm³/mol. The minimum absolute atomic E-state index is 0.114. The zero-order chi connectivity index (χ0) is 12.0. The molecule has 0 bridgehead atoms.